The number of nitrogens with zero attached hydrogens (tertiary/aromatic N) is 2. The molecule has 2 atom stereocenters. The summed E-state index contributed by atoms with van der Waals surface area (Å²) in [5, 5.41) is 5.10. The number of rotatable bonds is 2. The van der Waals surface area contributed by atoms with Crippen LogP contribution in [0.4, 0.5) is 0 Å². The fourth-order valence-corrected chi connectivity index (χ4v) is 5.86. The maximum absolute atomic E-state index is 5.10. The first kappa shape index (κ1) is 14.4. The van der Waals surface area contributed by atoms with Crippen LogP contribution in [0.1, 0.15) is 49.2 Å². The van der Waals surface area contributed by atoms with Crippen LogP contribution >= 0.6 is 11.3 Å². The predicted octanol–water partition coefficient (Wildman–Crippen LogP) is 3.70. The smallest absolute Gasteiger partial charge is 0.101 e. The normalized spacial score (nSPS) is 36.8. The monoisotopic (exact) mass is 327 g/mol. The molecule has 4 heterocycles. The summed E-state index contributed by atoms with van der Waals surface area (Å²) in [6, 6.07) is 7.50. The van der Waals surface area contributed by atoms with E-state index in [4.69, 9.17) is 4.98 Å². The van der Waals surface area contributed by atoms with E-state index in [2.05, 4.69) is 35.3 Å². The second kappa shape index (κ2) is 5.27. The van der Waals surface area contributed by atoms with Crippen LogP contribution in [0.25, 0.3) is 10.2 Å². The van der Waals surface area contributed by atoms with E-state index in [0.29, 0.717) is 11.5 Å². The molecule has 2 bridgehead atoms. The highest BCUT2D eigenvalue weighted by Crippen LogP contribution is 2.45. The molecule has 3 fully saturated rings. The molecule has 3 aliphatic rings. The zero-order valence-electron chi connectivity index (χ0n) is 13.8. The third-order valence-electron chi connectivity index (χ3n) is 6.27. The number of benzene rings is 1. The summed E-state index contributed by atoms with van der Waals surface area (Å²) in [7, 11) is 0. The van der Waals surface area contributed by atoms with Gasteiger partial charge in [-0.05, 0) is 68.9 Å². The number of fused-ring (bicyclic) bond motifs is 3. The van der Waals surface area contributed by atoms with Gasteiger partial charge in [-0.2, -0.15) is 0 Å². The minimum atomic E-state index is 0.377. The van der Waals surface area contributed by atoms with E-state index < -0.39 is 0 Å². The molecule has 3 saturated heterocycles. The van der Waals surface area contributed by atoms with Gasteiger partial charge in [-0.25, -0.2) is 4.98 Å². The second-order valence-corrected chi connectivity index (χ2v) is 8.98. The number of hydrogen-bond donors (Lipinski definition) is 1. The van der Waals surface area contributed by atoms with Crippen molar-refractivity contribution in [2.75, 3.05) is 26.2 Å². The van der Waals surface area contributed by atoms with Crippen LogP contribution in [0.5, 0.6) is 0 Å². The fraction of sp³-hybridized carbons (Fsp3) is 0.632. The van der Waals surface area contributed by atoms with Crippen LogP contribution < -0.4 is 5.32 Å². The van der Waals surface area contributed by atoms with Crippen molar-refractivity contribution >= 4 is 21.6 Å². The molecule has 122 valence electrons. The SMILES string of the molecule is C[C@H]1CC[C@H](c2ccc3sc(C45CCN(CC4)C5)nc3c2)NC1. The molecule has 1 aromatic carbocycles. The van der Waals surface area contributed by atoms with E-state index >= 15 is 0 Å². The van der Waals surface area contributed by atoms with E-state index in [1.165, 1.54) is 66.1 Å². The zero-order valence-corrected chi connectivity index (χ0v) is 14.7. The maximum atomic E-state index is 5.10. The van der Waals surface area contributed by atoms with E-state index in [0.717, 1.165) is 12.5 Å². The van der Waals surface area contributed by atoms with Crippen LogP contribution in [-0.2, 0) is 5.41 Å². The van der Waals surface area contributed by atoms with Crippen molar-refractivity contribution in [1.82, 2.24) is 15.2 Å². The van der Waals surface area contributed by atoms with Gasteiger partial charge in [0.1, 0.15) is 5.01 Å². The lowest BCUT2D eigenvalue weighted by Gasteiger charge is -2.28. The molecule has 0 radical (unpaired) electrons. The highest BCUT2D eigenvalue weighted by Gasteiger charge is 2.46. The maximum Gasteiger partial charge on any atom is 0.101 e. The van der Waals surface area contributed by atoms with Crippen LogP contribution in [0.15, 0.2) is 18.2 Å². The van der Waals surface area contributed by atoms with Gasteiger partial charge in [0, 0.05) is 18.0 Å². The first-order valence-corrected chi connectivity index (χ1v) is 9.90. The topological polar surface area (TPSA) is 28.2 Å². The van der Waals surface area contributed by atoms with Gasteiger partial charge in [0.15, 0.2) is 0 Å². The van der Waals surface area contributed by atoms with Crippen molar-refractivity contribution < 1.29 is 0 Å². The van der Waals surface area contributed by atoms with E-state index in [-0.39, 0.29) is 0 Å². The summed E-state index contributed by atoms with van der Waals surface area (Å²) in [6.45, 7) is 7.26. The van der Waals surface area contributed by atoms with Crippen LogP contribution in [0.3, 0.4) is 0 Å². The summed E-state index contributed by atoms with van der Waals surface area (Å²) in [5.74, 6) is 0.813. The highest BCUT2D eigenvalue weighted by molar-refractivity contribution is 7.18. The highest BCUT2D eigenvalue weighted by atomic mass is 32.1. The number of thiazole rings is 1. The summed E-state index contributed by atoms with van der Waals surface area (Å²) in [5.41, 5.74) is 3.03. The number of hydrogen-bond acceptors (Lipinski definition) is 4. The van der Waals surface area contributed by atoms with Gasteiger partial charge in [-0.3, -0.25) is 0 Å². The lowest BCUT2D eigenvalue weighted by molar-refractivity contribution is 0.333. The van der Waals surface area contributed by atoms with Gasteiger partial charge < -0.3 is 10.2 Å². The minimum absolute atomic E-state index is 0.377. The van der Waals surface area contributed by atoms with Crippen molar-refractivity contribution in [3.63, 3.8) is 0 Å². The van der Waals surface area contributed by atoms with Crippen LogP contribution in [-0.4, -0.2) is 36.1 Å². The van der Waals surface area contributed by atoms with Gasteiger partial charge in [0.05, 0.1) is 10.2 Å². The Balaban J connectivity index is 1.47. The Hall–Kier alpha value is -0.970. The van der Waals surface area contributed by atoms with Crippen molar-refractivity contribution in [2.24, 2.45) is 5.92 Å². The molecule has 23 heavy (non-hydrogen) atoms. The van der Waals surface area contributed by atoms with Gasteiger partial charge in [-0.1, -0.05) is 13.0 Å². The van der Waals surface area contributed by atoms with Gasteiger partial charge in [0.25, 0.3) is 0 Å². The Labute approximate surface area is 142 Å². The molecule has 0 saturated carbocycles. The Morgan fingerprint density at radius 1 is 1.26 bits per heavy atom. The van der Waals surface area contributed by atoms with Crippen molar-refractivity contribution in [3.8, 4) is 0 Å². The summed E-state index contributed by atoms with van der Waals surface area (Å²) in [4.78, 5) is 7.70. The van der Waals surface area contributed by atoms with Crippen LogP contribution in [0.2, 0.25) is 0 Å². The molecule has 5 rings (SSSR count). The molecule has 1 N–H and O–H groups in total. The molecule has 3 aliphatic heterocycles. The average molecular weight is 327 g/mol. The zero-order chi connectivity index (χ0) is 15.4. The Kier molecular flexibility index (Phi) is 3.29. The van der Waals surface area contributed by atoms with E-state index in [9.17, 15) is 0 Å². The average Bonchev–Trinajstić information content (AvgIpc) is 3.29. The molecule has 0 amide bonds. The Morgan fingerprint density at radius 2 is 2.13 bits per heavy atom. The summed E-state index contributed by atoms with van der Waals surface area (Å²) < 4.78 is 1.37. The lowest BCUT2D eigenvalue weighted by atomic mass is 9.85. The Bertz CT molecular complexity index is 721. The van der Waals surface area contributed by atoms with E-state index in [1.54, 1.807) is 0 Å². The fourth-order valence-electron chi connectivity index (χ4n) is 4.68. The van der Waals surface area contributed by atoms with Crippen molar-refractivity contribution in [1.29, 1.82) is 0 Å². The molecule has 3 nitrogen and oxygen atoms in total. The van der Waals surface area contributed by atoms with E-state index in [1.807, 2.05) is 11.3 Å². The molecular formula is C19H25N3S. The molecule has 0 spiro atoms. The first-order valence-electron chi connectivity index (χ1n) is 9.09. The molecule has 2 aromatic rings. The Morgan fingerprint density at radius 3 is 2.83 bits per heavy atom. The second-order valence-electron chi connectivity index (χ2n) is 7.95. The number of nitrogens with one attached hydrogen (secondary N) is 1. The molecule has 4 heteroatoms. The number of aromatic nitrogens is 1. The molecule has 0 unspecified atom stereocenters. The summed E-state index contributed by atoms with van der Waals surface area (Å²) in [6.07, 6.45) is 5.20. The predicted molar refractivity (Wildman–Crippen MR) is 96.1 cm³/mol. The summed E-state index contributed by atoms with van der Waals surface area (Å²) >= 11 is 1.94. The van der Waals surface area contributed by atoms with Gasteiger partial charge in [0.2, 0.25) is 0 Å². The number of piperidine rings is 2. The molecular weight excluding hydrogens is 302 g/mol. The standard InChI is InChI=1S/C19H25N3S/c1-13-2-4-15(20-11-13)14-3-5-17-16(10-14)21-18(23-17)19-6-8-22(12-19)9-7-19/h3,5,10,13,15,20H,2,4,6-9,11-12H2,1H3/t13-,15+/m0/s1. The van der Waals surface area contributed by atoms with Crippen molar-refractivity contribution in [2.45, 2.75) is 44.1 Å². The van der Waals surface area contributed by atoms with Crippen molar-refractivity contribution in [3.05, 3.63) is 28.8 Å². The van der Waals surface area contributed by atoms with Gasteiger partial charge in [-0.15, -0.1) is 11.3 Å². The molecule has 1 aromatic heterocycles. The largest absolute Gasteiger partial charge is 0.310 e. The third-order valence-corrected chi connectivity index (χ3v) is 7.55. The minimum Gasteiger partial charge on any atom is -0.310 e. The van der Waals surface area contributed by atoms with Crippen LogP contribution in [0, 0.1) is 5.92 Å². The molecule has 0 aliphatic carbocycles. The van der Waals surface area contributed by atoms with Gasteiger partial charge >= 0.3 is 0 Å². The quantitative estimate of drug-likeness (QED) is 0.911. The first-order chi connectivity index (χ1) is 11.2. The lowest BCUT2D eigenvalue weighted by Crippen LogP contribution is -2.31. The third kappa shape index (κ3) is 2.34.